The van der Waals surface area contributed by atoms with E-state index in [0.717, 1.165) is 0 Å². The summed E-state index contributed by atoms with van der Waals surface area (Å²) in [5.74, 6) is -0.0227. The molecule has 1 aromatic heterocycles. The summed E-state index contributed by atoms with van der Waals surface area (Å²) in [5, 5.41) is 0.559. The van der Waals surface area contributed by atoms with Crippen LogP contribution in [0.2, 0.25) is 10.0 Å². The van der Waals surface area contributed by atoms with Gasteiger partial charge < -0.3 is 9.47 Å². The molecule has 0 aliphatic carbocycles. The molecule has 1 heterocycles. The number of pyridine rings is 1. The molecule has 0 radical (unpaired) electrons. The Kier molecular flexibility index (Phi) is 5.40. The van der Waals surface area contributed by atoms with Gasteiger partial charge in [0.05, 0.1) is 22.8 Å². The van der Waals surface area contributed by atoms with Crippen LogP contribution in [0.25, 0.3) is 11.3 Å². The fourth-order valence-electron chi connectivity index (χ4n) is 2.24. The van der Waals surface area contributed by atoms with Crippen molar-refractivity contribution in [3.05, 3.63) is 76.2 Å². The van der Waals surface area contributed by atoms with E-state index in [9.17, 15) is 9.18 Å². The lowest BCUT2D eigenvalue weighted by Crippen LogP contribution is -2.06. The summed E-state index contributed by atoms with van der Waals surface area (Å²) < 4.78 is 23.3. The van der Waals surface area contributed by atoms with Gasteiger partial charge in [0, 0.05) is 11.6 Å². The van der Waals surface area contributed by atoms with E-state index in [1.165, 1.54) is 31.4 Å². The molecule has 0 spiro atoms. The molecule has 132 valence electrons. The number of esters is 1. The fraction of sp³-hybridized carbons (Fsp3) is 0.0526. The van der Waals surface area contributed by atoms with Crippen LogP contribution in [0.4, 0.5) is 4.39 Å². The van der Waals surface area contributed by atoms with E-state index >= 15 is 0 Å². The minimum absolute atomic E-state index is 0.00868. The molecule has 4 nitrogen and oxygen atoms in total. The minimum atomic E-state index is -0.635. The predicted molar refractivity (Wildman–Crippen MR) is 97.5 cm³/mol. The second-order valence-electron chi connectivity index (χ2n) is 5.22. The molecule has 0 aliphatic rings. The third-order valence-electron chi connectivity index (χ3n) is 3.49. The van der Waals surface area contributed by atoms with Crippen LogP contribution >= 0.6 is 23.2 Å². The summed E-state index contributed by atoms with van der Waals surface area (Å²) in [7, 11) is 1.25. The Morgan fingerprint density at radius 2 is 1.65 bits per heavy atom. The van der Waals surface area contributed by atoms with E-state index < -0.39 is 5.97 Å². The number of rotatable bonds is 4. The number of aromatic nitrogens is 1. The van der Waals surface area contributed by atoms with Crippen molar-refractivity contribution in [3.8, 4) is 22.8 Å². The molecule has 3 rings (SSSR count). The maximum Gasteiger partial charge on any atom is 0.358 e. The SMILES string of the molecule is COC(=O)c1nc(-c2ccc(Oc3ccc(F)cc3)cc2Cl)ccc1Cl. The Labute approximate surface area is 159 Å². The molecular formula is C19H12Cl2FNO3. The predicted octanol–water partition coefficient (Wildman–Crippen LogP) is 5.77. The number of methoxy groups -OCH3 is 1. The highest BCUT2D eigenvalue weighted by molar-refractivity contribution is 6.34. The molecule has 26 heavy (non-hydrogen) atoms. The quantitative estimate of drug-likeness (QED) is 0.529. The normalized spacial score (nSPS) is 10.5. The van der Waals surface area contributed by atoms with Gasteiger partial charge in [-0.25, -0.2) is 14.2 Å². The third-order valence-corrected chi connectivity index (χ3v) is 4.11. The highest BCUT2D eigenvalue weighted by Crippen LogP contribution is 2.33. The maximum absolute atomic E-state index is 12.9. The van der Waals surface area contributed by atoms with Crippen LogP contribution < -0.4 is 4.74 Å². The Balaban J connectivity index is 1.90. The molecule has 0 saturated heterocycles. The second kappa shape index (κ2) is 7.72. The summed E-state index contributed by atoms with van der Waals surface area (Å²) in [6.45, 7) is 0. The first-order chi connectivity index (χ1) is 12.5. The van der Waals surface area contributed by atoms with Crippen LogP contribution in [0, 0.1) is 5.82 Å². The Morgan fingerprint density at radius 3 is 2.31 bits per heavy atom. The topological polar surface area (TPSA) is 48.4 Å². The van der Waals surface area contributed by atoms with Crippen molar-refractivity contribution in [1.29, 1.82) is 0 Å². The smallest absolute Gasteiger partial charge is 0.358 e. The Morgan fingerprint density at radius 1 is 0.962 bits per heavy atom. The summed E-state index contributed by atoms with van der Waals surface area (Å²) in [6.07, 6.45) is 0. The van der Waals surface area contributed by atoms with Gasteiger partial charge in [0.15, 0.2) is 5.69 Å². The fourth-order valence-corrected chi connectivity index (χ4v) is 2.69. The zero-order valence-corrected chi connectivity index (χ0v) is 15.0. The lowest BCUT2D eigenvalue weighted by Gasteiger charge is -2.10. The molecule has 0 N–H and O–H groups in total. The van der Waals surface area contributed by atoms with Crippen LogP contribution in [-0.4, -0.2) is 18.1 Å². The first-order valence-electron chi connectivity index (χ1n) is 7.46. The molecule has 0 unspecified atom stereocenters. The van der Waals surface area contributed by atoms with Gasteiger partial charge in [-0.05, 0) is 48.5 Å². The number of hydrogen-bond donors (Lipinski definition) is 0. The number of carbonyl (C=O) groups excluding carboxylic acids is 1. The number of halogens is 3. The zero-order valence-electron chi connectivity index (χ0n) is 13.5. The van der Waals surface area contributed by atoms with E-state index in [0.29, 0.717) is 27.8 Å². The number of hydrogen-bond acceptors (Lipinski definition) is 4. The molecule has 0 bridgehead atoms. The summed E-state index contributed by atoms with van der Waals surface area (Å²) in [4.78, 5) is 16.0. The number of carbonyl (C=O) groups is 1. The van der Waals surface area contributed by atoms with Crippen molar-refractivity contribution in [2.24, 2.45) is 0 Å². The number of ether oxygens (including phenoxy) is 2. The van der Waals surface area contributed by atoms with Gasteiger partial charge in [-0.15, -0.1) is 0 Å². The molecule has 3 aromatic rings. The number of benzene rings is 2. The van der Waals surface area contributed by atoms with E-state index in [1.807, 2.05) is 0 Å². The van der Waals surface area contributed by atoms with E-state index in [-0.39, 0.29) is 16.5 Å². The van der Waals surface area contributed by atoms with Crippen molar-refractivity contribution in [1.82, 2.24) is 4.98 Å². The van der Waals surface area contributed by atoms with Gasteiger partial charge in [-0.1, -0.05) is 23.2 Å². The lowest BCUT2D eigenvalue weighted by molar-refractivity contribution is 0.0594. The lowest BCUT2D eigenvalue weighted by atomic mass is 10.1. The highest BCUT2D eigenvalue weighted by Gasteiger charge is 2.15. The molecule has 2 aromatic carbocycles. The largest absolute Gasteiger partial charge is 0.464 e. The molecule has 0 atom stereocenters. The van der Waals surface area contributed by atoms with E-state index in [2.05, 4.69) is 9.72 Å². The van der Waals surface area contributed by atoms with Crippen molar-refractivity contribution >= 4 is 29.2 Å². The van der Waals surface area contributed by atoms with Crippen LogP contribution in [0.15, 0.2) is 54.6 Å². The van der Waals surface area contributed by atoms with Gasteiger partial charge in [-0.2, -0.15) is 0 Å². The zero-order chi connectivity index (χ0) is 18.7. The molecule has 0 fully saturated rings. The Hall–Kier alpha value is -2.63. The first kappa shape index (κ1) is 18.2. The van der Waals surface area contributed by atoms with Gasteiger partial charge in [0.1, 0.15) is 17.3 Å². The van der Waals surface area contributed by atoms with E-state index in [1.54, 1.807) is 30.3 Å². The van der Waals surface area contributed by atoms with Crippen LogP contribution in [0.5, 0.6) is 11.5 Å². The highest BCUT2D eigenvalue weighted by atomic mass is 35.5. The number of nitrogens with zero attached hydrogens (tertiary/aromatic N) is 1. The van der Waals surface area contributed by atoms with Crippen LogP contribution in [-0.2, 0) is 4.74 Å². The summed E-state index contributed by atoms with van der Waals surface area (Å²) in [6, 6.07) is 13.8. The minimum Gasteiger partial charge on any atom is -0.464 e. The van der Waals surface area contributed by atoms with Gasteiger partial charge in [0.25, 0.3) is 0 Å². The average Bonchev–Trinajstić information content (AvgIpc) is 2.64. The van der Waals surface area contributed by atoms with Gasteiger partial charge in [-0.3, -0.25) is 0 Å². The molecule has 0 amide bonds. The van der Waals surface area contributed by atoms with Gasteiger partial charge >= 0.3 is 5.97 Å². The molecular weight excluding hydrogens is 380 g/mol. The standard InChI is InChI=1S/C19H12Cl2FNO3/c1-25-19(24)18-15(20)8-9-17(23-18)14-7-6-13(10-16(14)21)26-12-4-2-11(22)3-5-12/h2-10H,1H3. The monoisotopic (exact) mass is 391 g/mol. The van der Waals surface area contributed by atoms with E-state index in [4.69, 9.17) is 27.9 Å². The Bertz CT molecular complexity index is 961. The van der Waals surface area contributed by atoms with Crippen molar-refractivity contribution in [3.63, 3.8) is 0 Å². The van der Waals surface area contributed by atoms with Gasteiger partial charge in [0.2, 0.25) is 0 Å². The maximum atomic E-state index is 12.9. The van der Waals surface area contributed by atoms with Crippen molar-refractivity contribution in [2.45, 2.75) is 0 Å². The van der Waals surface area contributed by atoms with Crippen molar-refractivity contribution < 1.29 is 18.7 Å². The first-order valence-corrected chi connectivity index (χ1v) is 8.21. The molecule has 7 heteroatoms. The summed E-state index contributed by atoms with van der Waals surface area (Å²) >= 11 is 12.3. The van der Waals surface area contributed by atoms with Crippen LogP contribution in [0.3, 0.4) is 0 Å². The molecule has 0 aliphatic heterocycles. The van der Waals surface area contributed by atoms with Crippen molar-refractivity contribution in [2.75, 3.05) is 7.11 Å². The third kappa shape index (κ3) is 3.95. The second-order valence-corrected chi connectivity index (χ2v) is 6.03. The molecule has 0 saturated carbocycles. The summed E-state index contributed by atoms with van der Waals surface area (Å²) in [5.41, 5.74) is 1.07. The average molecular weight is 392 g/mol. The van der Waals surface area contributed by atoms with Crippen LogP contribution in [0.1, 0.15) is 10.5 Å².